The molecule has 9 heteroatoms. The molecule has 2 atom stereocenters. The summed E-state index contributed by atoms with van der Waals surface area (Å²) in [6, 6.07) is 11.9. The standard InChI is InChI=1S/C28H28FN5O2S/c29-24-25(22-12-19(35)11-16-3-1-2-4-21(16)22)30-13-23-26(24)32-28(36-20-7-9-37-10-8-20)33-27(23)34-14-17-5-6-18(15-34)31-17/h1-4,11-13,17-18,20,31,35H,5-10,14-15H2/t17-,18+. The van der Waals surface area contributed by atoms with Crippen molar-refractivity contribution in [3.63, 3.8) is 0 Å². The number of piperazine rings is 1. The van der Waals surface area contributed by atoms with E-state index in [4.69, 9.17) is 9.72 Å². The number of hydrogen-bond acceptors (Lipinski definition) is 8. The van der Waals surface area contributed by atoms with Crippen LogP contribution in [0.4, 0.5) is 10.2 Å². The van der Waals surface area contributed by atoms with E-state index >= 15 is 4.39 Å². The molecule has 0 amide bonds. The number of ether oxygens (including phenoxy) is 1. The third kappa shape index (κ3) is 4.24. The average molecular weight is 518 g/mol. The summed E-state index contributed by atoms with van der Waals surface area (Å²) in [6.45, 7) is 1.62. The third-order valence-corrected chi connectivity index (χ3v) is 8.75. The number of phenols is 1. The summed E-state index contributed by atoms with van der Waals surface area (Å²) in [5.41, 5.74) is 0.889. The maximum atomic E-state index is 16.4. The SMILES string of the molecule is Oc1cc(-c2ncc3c(N4C[C@H]5CC[C@@H](C4)N5)nc(OC4CCSCC4)nc3c2F)c2ccccc2c1. The fourth-order valence-corrected chi connectivity index (χ4v) is 6.97. The summed E-state index contributed by atoms with van der Waals surface area (Å²) in [6.07, 6.45) is 5.83. The van der Waals surface area contributed by atoms with Crippen LogP contribution >= 0.6 is 11.8 Å². The predicted molar refractivity (Wildman–Crippen MR) is 145 cm³/mol. The Morgan fingerprint density at radius 3 is 2.59 bits per heavy atom. The molecule has 3 aliphatic rings. The van der Waals surface area contributed by atoms with Crippen LogP contribution in [0.1, 0.15) is 25.7 Å². The van der Waals surface area contributed by atoms with Crippen molar-refractivity contribution in [1.82, 2.24) is 20.3 Å². The van der Waals surface area contributed by atoms with Gasteiger partial charge in [0, 0.05) is 36.9 Å². The molecule has 2 bridgehead atoms. The first kappa shape index (κ1) is 23.0. The Labute approximate surface area is 218 Å². The molecular formula is C28H28FN5O2S. The van der Waals surface area contributed by atoms with Crippen LogP contribution in [0.25, 0.3) is 32.9 Å². The molecule has 2 aromatic carbocycles. The van der Waals surface area contributed by atoms with Crippen molar-refractivity contribution in [2.75, 3.05) is 29.5 Å². The number of fused-ring (bicyclic) bond motifs is 4. The van der Waals surface area contributed by atoms with Gasteiger partial charge in [0.2, 0.25) is 0 Å². The first-order valence-electron chi connectivity index (χ1n) is 13.0. The second-order valence-electron chi connectivity index (χ2n) is 10.2. The van der Waals surface area contributed by atoms with Crippen LogP contribution in [0, 0.1) is 5.82 Å². The van der Waals surface area contributed by atoms with Crippen molar-refractivity contribution < 1.29 is 14.2 Å². The lowest BCUT2D eigenvalue weighted by molar-refractivity contribution is 0.176. The monoisotopic (exact) mass is 517 g/mol. The van der Waals surface area contributed by atoms with E-state index in [1.165, 1.54) is 0 Å². The van der Waals surface area contributed by atoms with Gasteiger partial charge in [-0.25, -0.2) is 4.39 Å². The number of hydrogen-bond donors (Lipinski definition) is 2. The van der Waals surface area contributed by atoms with Crippen molar-refractivity contribution >= 4 is 39.3 Å². The van der Waals surface area contributed by atoms with E-state index in [0.29, 0.717) is 28.9 Å². The van der Waals surface area contributed by atoms with Crippen molar-refractivity contribution in [1.29, 1.82) is 0 Å². The summed E-state index contributed by atoms with van der Waals surface area (Å²) in [5, 5.41) is 16.2. The molecule has 0 saturated carbocycles. The molecule has 4 aromatic rings. The number of benzene rings is 2. The molecule has 3 saturated heterocycles. The van der Waals surface area contributed by atoms with Gasteiger partial charge in [-0.15, -0.1) is 0 Å². The molecule has 2 aromatic heterocycles. The predicted octanol–water partition coefficient (Wildman–Crippen LogP) is 4.90. The number of nitrogens with one attached hydrogen (secondary N) is 1. The van der Waals surface area contributed by atoms with Gasteiger partial charge < -0.3 is 20.1 Å². The normalized spacial score (nSPS) is 22.1. The summed E-state index contributed by atoms with van der Waals surface area (Å²) in [4.78, 5) is 16.2. The fraction of sp³-hybridized carbons (Fsp3) is 0.393. The molecule has 2 N–H and O–H groups in total. The molecule has 7 rings (SSSR count). The molecule has 0 aliphatic carbocycles. The maximum absolute atomic E-state index is 16.4. The topological polar surface area (TPSA) is 83.4 Å². The first-order valence-corrected chi connectivity index (χ1v) is 14.1. The van der Waals surface area contributed by atoms with E-state index in [0.717, 1.165) is 61.1 Å². The number of nitrogens with zero attached hydrogens (tertiary/aromatic N) is 4. The maximum Gasteiger partial charge on any atom is 0.319 e. The summed E-state index contributed by atoms with van der Waals surface area (Å²) >= 11 is 1.92. The van der Waals surface area contributed by atoms with Crippen LogP contribution in [0.15, 0.2) is 42.6 Å². The van der Waals surface area contributed by atoms with Gasteiger partial charge in [-0.3, -0.25) is 4.98 Å². The lowest BCUT2D eigenvalue weighted by Gasteiger charge is -2.34. The molecule has 3 fully saturated rings. The second-order valence-corrected chi connectivity index (χ2v) is 11.4. The molecule has 7 nitrogen and oxygen atoms in total. The highest BCUT2D eigenvalue weighted by molar-refractivity contribution is 7.99. The minimum absolute atomic E-state index is 0.0325. The second kappa shape index (κ2) is 9.29. The minimum atomic E-state index is -0.529. The van der Waals surface area contributed by atoms with Crippen LogP contribution < -0.4 is 15.0 Å². The van der Waals surface area contributed by atoms with Crippen LogP contribution in [-0.4, -0.2) is 62.8 Å². The zero-order chi connectivity index (χ0) is 24.9. The first-order chi connectivity index (χ1) is 18.1. The number of pyridine rings is 1. The van der Waals surface area contributed by atoms with Crippen LogP contribution in [0.2, 0.25) is 0 Å². The summed E-state index contributed by atoms with van der Waals surface area (Å²) in [7, 11) is 0. The summed E-state index contributed by atoms with van der Waals surface area (Å²) in [5.74, 6) is 2.30. The third-order valence-electron chi connectivity index (χ3n) is 7.70. The highest BCUT2D eigenvalue weighted by Crippen LogP contribution is 2.38. The zero-order valence-corrected chi connectivity index (χ0v) is 21.2. The molecule has 0 unspecified atom stereocenters. The van der Waals surface area contributed by atoms with Gasteiger partial charge in [-0.2, -0.15) is 21.7 Å². The van der Waals surface area contributed by atoms with Gasteiger partial charge in [-0.1, -0.05) is 24.3 Å². The smallest absolute Gasteiger partial charge is 0.319 e. The zero-order valence-electron chi connectivity index (χ0n) is 20.4. The Hall–Kier alpha value is -3.17. The molecule has 0 spiro atoms. The Morgan fingerprint density at radius 1 is 1.00 bits per heavy atom. The van der Waals surface area contributed by atoms with Gasteiger partial charge in [0.05, 0.1) is 5.39 Å². The van der Waals surface area contributed by atoms with Crippen LogP contribution in [0.5, 0.6) is 11.8 Å². The van der Waals surface area contributed by atoms with Crippen molar-refractivity contribution in [3.05, 3.63) is 48.4 Å². The molecule has 37 heavy (non-hydrogen) atoms. The van der Waals surface area contributed by atoms with Crippen molar-refractivity contribution in [2.45, 2.75) is 43.9 Å². The van der Waals surface area contributed by atoms with Gasteiger partial charge in [0.15, 0.2) is 5.82 Å². The van der Waals surface area contributed by atoms with Gasteiger partial charge in [0.1, 0.15) is 28.9 Å². The van der Waals surface area contributed by atoms with Crippen molar-refractivity contribution in [2.24, 2.45) is 0 Å². The number of thioether (sulfide) groups is 1. The van der Waals surface area contributed by atoms with Crippen molar-refractivity contribution in [3.8, 4) is 23.0 Å². The number of halogens is 1. The quantitative estimate of drug-likeness (QED) is 0.395. The highest BCUT2D eigenvalue weighted by Gasteiger charge is 2.34. The fourth-order valence-electron chi connectivity index (χ4n) is 5.91. The van der Waals surface area contributed by atoms with E-state index in [-0.39, 0.29) is 29.1 Å². The molecule has 0 radical (unpaired) electrons. The number of anilines is 1. The van der Waals surface area contributed by atoms with Crippen LogP contribution in [0.3, 0.4) is 0 Å². The Balaban J connectivity index is 1.39. The average Bonchev–Trinajstić information content (AvgIpc) is 3.26. The lowest BCUT2D eigenvalue weighted by atomic mass is 10.00. The van der Waals surface area contributed by atoms with Crippen LogP contribution in [-0.2, 0) is 0 Å². The molecule has 5 heterocycles. The minimum Gasteiger partial charge on any atom is -0.508 e. The lowest BCUT2D eigenvalue weighted by Crippen LogP contribution is -2.51. The number of rotatable bonds is 4. The number of aromatic nitrogens is 3. The Kier molecular flexibility index (Phi) is 5.77. The molecular weight excluding hydrogens is 489 g/mol. The Morgan fingerprint density at radius 2 is 1.78 bits per heavy atom. The number of aromatic hydroxyl groups is 1. The van der Waals surface area contributed by atoms with E-state index in [2.05, 4.69) is 20.2 Å². The van der Waals surface area contributed by atoms with E-state index in [9.17, 15) is 5.11 Å². The Bertz CT molecular complexity index is 1480. The van der Waals surface area contributed by atoms with E-state index in [1.807, 2.05) is 36.0 Å². The molecule has 190 valence electrons. The van der Waals surface area contributed by atoms with E-state index < -0.39 is 5.82 Å². The largest absolute Gasteiger partial charge is 0.508 e. The van der Waals surface area contributed by atoms with E-state index in [1.54, 1.807) is 18.3 Å². The summed E-state index contributed by atoms with van der Waals surface area (Å²) < 4.78 is 22.6. The van der Waals surface area contributed by atoms with Gasteiger partial charge in [0.25, 0.3) is 0 Å². The van der Waals surface area contributed by atoms with Gasteiger partial charge >= 0.3 is 6.01 Å². The van der Waals surface area contributed by atoms with Gasteiger partial charge in [-0.05, 0) is 60.1 Å². The highest BCUT2D eigenvalue weighted by atomic mass is 32.2. The molecule has 3 aliphatic heterocycles. The number of phenolic OH excluding ortho intramolecular Hbond substituents is 1.